The van der Waals surface area contributed by atoms with Gasteiger partial charge in [-0.3, -0.25) is 4.79 Å². The molecule has 1 amide bonds. The molecule has 3 rings (SSSR count). The number of aryl methyl sites for hydroxylation is 1. The molecule has 2 aromatic rings. The fourth-order valence-corrected chi connectivity index (χ4v) is 2.70. The SMILES string of the molecule is CCc1ocnc1C(=O)NCC1COc2cc(OC)ccc2C1. The minimum atomic E-state index is -0.198. The molecule has 0 spiro atoms. The molecule has 1 aliphatic heterocycles. The van der Waals surface area contributed by atoms with Crippen LogP contribution in [0.1, 0.15) is 28.7 Å². The van der Waals surface area contributed by atoms with Crippen LogP contribution < -0.4 is 14.8 Å². The van der Waals surface area contributed by atoms with Gasteiger partial charge in [-0.2, -0.15) is 0 Å². The van der Waals surface area contributed by atoms with Gasteiger partial charge in [0, 0.05) is 24.9 Å². The Hall–Kier alpha value is -2.50. The van der Waals surface area contributed by atoms with E-state index in [4.69, 9.17) is 13.9 Å². The largest absolute Gasteiger partial charge is 0.497 e. The van der Waals surface area contributed by atoms with E-state index in [0.717, 1.165) is 23.5 Å². The average Bonchev–Trinajstić information content (AvgIpc) is 3.07. The number of nitrogens with zero attached hydrogens (tertiary/aromatic N) is 1. The van der Waals surface area contributed by atoms with Crippen molar-refractivity contribution < 1.29 is 18.7 Å². The Morgan fingerprint density at radius 2 is 2.35 bits per heavy atom. The number of oxazole rings is 1. The maximum atomic E-state index is 12.2. The van der Waals surface area contributed by atoms with Gasteiger partial charge < -0.3 is 19.2 Å². The molecule has 0 saturated heterocycles. The summed E-state index contributed by atoms with van der Waals surface area (Å²) < 4.78 is 16.2. The molecular weight excluding hydrogens is 296 g/mol. The van der Waals surface area contributed by atoms with Crippen LogP contribution in [0.25, 0.3) is 0 Å². The van der Waals surface area contributed by atoms with Crippen LogP contribution in [0.2, 0.25) is 0 Å². The van der Waals surface area contributed by atoms with Crippen LogP contribution in [0.5, 0.6) is 11.5 Å². The molecule has 0 fully saturated rings. The van der Waals surface area contributed by atoms with Gasteiger partial charge in [-0.25, -0.2) is 4.98 Å². The van der Waals surface area contributed by atoms with Crippen LogP contribution in [0.3, 0.4) is 0 Å². The molecule has 0 radical (unpaired) electrons. The molecule has 1 N–H and O–H groups in total. The summed E-state index contributed by atoms with van der Waals surface area (Å²) >= 11 is 0. The highest BCUT2D eigenvalue weighted by molar-refractivity contribution is 5.93. The monoisotopic (exact) mass is 316 g/mol. The van der Waals surface area contributed by atoms with Gasteiger partial charge in [0.15, 0.2) is 12.1 Å². The van der Waals surface area contributed by atoms with Crippen LogP contribution >= 0.6 is 0 Å². The summed E-state index contributed by atoms with van der Waals surface area (Å²) in [6.45, 7) is 3.04. The van der Waals surface area contributed by atoms with Crippen molar-refractivity contribution in [2.75, 3.05) is 20.3 Å². The molecule has 122 valence electrons. The molecule has 1 atom stereocenters. The van der Waals surface area contributed by atoms with Crippen molar-refractivity contribution in [2.45, 2.75) is 19.8 Å². The second kappa shape index (κ2) is 6.73. The predicted molar refractivity (Wildman–Crippen MR) is 83.9 cm³/mol. The zero-order valence-corrected chi connectivity index (χ0v) is 13.3. The molecule has 0 bridgehead atoms. The average molecular weight is 316 g/mol. The van der Waals surface area contributed by atoms with Crippen LogP contribution in [0, 0.1) is 5.92 Å². The number of fused-ring (bicyclic) bond motifs is 1. The Bertz CT molecular complexity index is 696. The molecule has 6 heteroatoms. The van der Waals surface area contributed by atoms with E-state index in [-0.39, 0.29) is 11.8 Å². The van der Waals surface area contributed by atoms with Gasteiger partial charge in [0.1, 0.15) is 17.3 Å². The van der Waals surface area contributed by atoms with E-state index in [0.29, 0.717) is 31.0 Å². The molecular formula is C17H20N2O4. The number of hydrogen-bond donors (Lipinski definition) is 1. The molecule has 1 unspecified atom stereocenters. The molecule has 1 aliphatic rings. The van der Waals surface area contributed by atoms with E-state index >= 15 is 0 Å². The molecule has 23 heavy (non-hydrogen) atoms. The lowest BCUT2D eigenvalue weighted by Crippen LogP contribution is -2.35. The first kappa shape index (κ1) is 15.4. The standard InChI is InChI=1S/C17H20N2O4/c1-3-14-16(19-10-23-14)17(20)18-8-11-6-12-4-5-13(21-2)7-15(12)22-9-11/h4-5,7,10-11H,3,6,8-9H2,1-2H3,(H,18,20). The zero-order chi connectivity index (χ0) is 16.2. The minimum absolute atomic E-state index is 0.198. The Kier molecular flexibility index (Phi) is 4.50. The number of ether oxygens (including phenoxy) is 2. The fourth-order valence-electron chi connectivity index (χ4n) is 2.70. The number of aromatic nitrogens is 1. The smallest absolute Gasteiger partial charge is 0.273 e. The number of benzene rings is 1. The number of carbonyl (C=O) groups excluding carboxylic acids is 1. The van der Waals surface area contributed by atoms with Gasteiger partial charge in [-0.05, 0) is 18.1 Å². The van der Waals surface area contributed by atoms with E-state index in [2.05, 4.69) is 10.3 Å². The van der Waals surface area contributed by atoms with Gasteiger partial charge in [0.05, 0.1) is 13.7 Å². The molecule has 0 saturated carbocycles. The quantitative estimate of drug-likeness (QED) is 0.915. The lowest BCUT2D eigenvalue weighted by atomic mass is 9.96. The van der Waals surface area contributed by atoms with Crippen LogP contribution in [-0.2, 0) is 12.8 Å². The third-order valence-corrected chi connectivity index (χ3v) is 3.99. The third kappa shape index (κ3) is 3.31. The Morgan fingerprint density at radius 1 is 1.48 bits per heavy atom. The maximum Gasteiger partial charge on any atom is 0.273 e. The maximum absolute atomic E-state index is 12.2. The number of hydrogen-bond acceptors (Lipinski definition) is 5. The van der Waals surface area contributed by atoms with Gasteiger partial charge in [0.2, 0.25) is 0 Å². The van der Waals surface area contributed by atoms with Crippen LogP contribution in [0.15, 0.2) is 29.0 Å². The fraction of sp³-hybridized carbons (Fsp3) is 0.412. The second-order valence-corrected chi connectivity index (χ2v) is 5.54. The highest BCUT2D eigenvalue weighted by Crippen LogP contribution is 2.30. The Balaban J connectivity index is 1.58. The van der Waals surface area contributed by atoms with Gasteiger partial charge in [0.25, 0.3) is 5.91 Å². The van der Waals surface area contributed by atoms with Crippen LogP contribution in [0.4, 0.5) is 0 Å². The molecule has 2 heterocycles. The summed E-state index contributed by atoms with van der Waals surface area (Å²) in [5.41, 5.74) is 1.50. The lowest BCUT2D eigenvalue weighted by molar-refractivity contribution is 0.0932. The zero-order valence-electron chi connectivity index (χ0n) is 13.3. The normalized spacial score (nSPS) is 16.3. The Labute approximate surface area is 134 Å². The van der Waals surface area contributed by atoms with Crippen molar-refractivity contribution >= 4 is 5.91 Å². The van der Waals surface area contributed by atoms with E-state index in [1.807, 2.05) is 25.1 Å². The van der Waals surface area contributed by atoms with Crippen molar-refractivity contribution in [2.24, 2.45) is 5.92 Å². The second-order valence-electron chi connectivity index (χ2n) is 5.54. The number of rotatable bonds is 5. The molecule has 1 aromatic heterocycles. The summed E-state index contributed by atoms with van der Waals surface area (Å²) in [7, 11) is 1.64. The van der Waals surface area contributed by atoms with Crippen molar-refractivity contribution in [1.29, 1.82) is 0 Å². The van der Waals surface area contributed by atoms with E-state index in [1.165, 1.54) is 6.39 Å². The third-order valence-electron chi connectivity index (χ3n) is 3.99. The first-order chi connectivity index (χ1) is 11.2. The van der Waals surface area contributed by atoms with Crippen molar-refractivity contribution in [3.05, 3.63) is 41.6 Å². The predicted octanol–water partition coefficient (Wildman–Crippen LogP) is 2.23. The van der Waals surface area contributed by atoms with Crippen molar-refractivity contribution in [3.63, 3.8) is 0 Å². The molecule has 1 aromatic carbocycles. The highest BCUT2D eigenvalue weighted by Gasteiger charge is 2.22. The number of amides is 1. The first-order valence-electron chi connectivity index (χ1n) is 7.71. The van der Waals surface area contributed by atoms with E-state index in [1.54, 1.807) is 7.11 Å². The molecule has 0 aliphatic carbocycles. The van der Waals surface area contributed by atoms with Crippen LogP contribution in [-0.4, -0.2) is 31.2 Å². The summed E-state index contributed by atoms with van der Waals surface area (Å²) in [5, 5.41) is 2.92. The van der Waals surface area contributed by atoms with Crippen molar-refractivity contribution in [3.8, 4) is 11.5 Å². The van der Waals surface area contributed by atoms with E-state index < -0.39 is 0 Å². The summed E-state index contributed by atoms with van der Waals surface area (Å²) in [4.78, 5) is 16.1. The van der Waals surface area contributed by atoms with Gasteiger partial charge in [-0.15, -0.1) is 0 Å². The topological polar surface area (TPSA) is 73.6 Å². The first-order valence-corrected chi connectivity index (χ1v) is 7.71. The van der Waals surface area contributed by atoms with E-state index in [9.17, 15) is 4.79 Å². The summed E-state index contributed by atoms with van der Waals surface area (Å²) in [5.74, 6) is 2.29. The number of carbonyl (C=O) groups is 1. The Morgan fingerprint density at radius 3 is 3.13 bits per heavy atom. The summed E-state index contributed by atoms with van der Waals surface area (Å²) in [6.07, 6.45) is 2.81. The van der Waals surface area contributed by atoms with Gasteiger partial charge >= 0.3 is 0 Å². The van der Waals surface area contributed by atoms with Crippen molar-refractivity contribution in [1.82, 2.24) is 10.3 Å². The number of nitrogens with one attached hydrogen (secondary N) is 1. The minimum Gasteiger partial charge on any atom is -0.497 e. The highest BCUT2D eigenvalue weighted by atomic mass is 16.5. The summed E-state index contributed by atoms with van der Waals surface area (Å²) in [6, 6.07) is 5.83. The lowest BCUT2D eigenvalue weighted by Gasteiger charge is -2.25. The molecule has 6 nitrogen and oxygen atoms in total. The van der Waals surface area contributed by atoms with Gasteiger partial charge in [-0.1, -0.05) is 13.0 Å². The number of methoxy groups -OCH3 is 1.